The lowest BCUT2D eigenvalue weighted by Gasteiger charge is -1.93. The zero-order valence-corrected chi connectivity index (χ0v) is 7.80. The van der Waals surface area contributed by atoms with Crippen molar-refractivity contribution in [2.24, 2.45) is 0 Å². The third-order valence-corrected chi connectivity index (χ3v) is 3.10. The van der Waals surface area contributed by atoms with Gasteiger partial charge in [0, 0.05) is 21.2 Å². The van der Waals surface area contributed by atoms with Gasteiger partial charge < -0.3 is 5.73 Å². The number of thiophene rings is 1. The van der Waals surface area contributed by atoms with Gasteiger partial charge in [-0.15, -0.1) is 11.3 Å². The summed E-state index contributed by atoms with van der Waals surface area (Å²) in [6.45, 7) is 0. The second-order valence-corrected chi connectivity index (χ2v) is 3.82. The van der Waals surface area contributed by atoms with Crippen LogP contribution in [0.3, 0.4) is 0 Å². The van der Waals surface area contributed by atoms with Gasteiger partial charge in [0.1, 0.15) is 0 Å². The number of rotatable bonds is 0. The highest BCUT2D eigenvalue weighted by molar-refractivity contribution is 7.26. The average molecular weight is 206 g/mol. The summed E-state index contributed by atoms with van der Waals surface area (Å²) in [7, 11) is 0. The third-order valence-electron chi connectivity index (χ3n) is 1.96. The highest BCUT2D eigenvalue weighted by Crippen LogP contribution is 2.36. The van der Waals surface area contributed by atoms with E-state index in [1.54, 1.807) is 0 Å². The summed E-state index contributed by atoms with van der Waals surface area (Å²) in [6.07, 6.45) is 0. The van der Waals surface area contributed by atoms with Gasteiger partial charge in [0.15, 0.2) is 0 Å². The van der Waals surface area contributed by atoms with E-state index >= 15 is 0 Å². The molecular weight excluding hydrogens is 190 g/mol. The quantitative estimate of drug-likeness (QED) is 0.558. The van der Waals surface area contributed by atoms with Crippen molar-refractivity contribution in [2.45, 2.75) is 0 Å². The highest BCUT2D eigenvalue weighted by atomic mass is 32.1. The van der Waals surface area contributed by atoms with Crippen LogP contribution in [0.1, 0.15) is 9.60 Å². The summed E-state index contributed by atoms with van der Waals surface area (Å²) in [5.74, 6) is 0. The highest BCUT2D eigenvalue weighted by Gasteiger charge is 2.05. The number of fused-ring (bicyclic) bond motifs is 3. The lowest BCUT2D eigenvalue weighted by atomic mass is 10.1. The molecule has 3 rings (SSSR count). The van der Waals surface area contributed by atoms with E-state index in [2.05, 4.69) is 0 Å². The molecule has 0 saturated carbocycles. The zero-order chi connectivity index (χ0) is 15.6. The van der Waals surface area contributed by atoms with Crippen LogP contribution in [0, 0.1) is 0 Å². The van der Waals surface area contributed by atoms with E-state index in [1.165, 1.54) is 0 Å². The molecule has 1 heterocycles. The fraction of sp³-hybridized carbons (Fsp3) is 0. The SMILES string of the molecule is [2H]c1c([2H])c([2H])c2c(sc3c(N)c([2H])c([2H])c([2H])c32)c1[2H]. The number of benzene rings is 2. The number of nitrogens with two attached hydrogens (primary N) is 1. The fourth-order valence-electron chi connectivity index (χ4n) is 1.35. The molecule has 14 heavy (non-hydrogen) atoms. The molecule has 2 N–H and O–H groups in total. The minimum absolute atomic E-state index is 0.0315. The van der Waals surface area contributed by atoms with Crippen LogP contribution in [0.4, 0.5) is 5.69 Å². The van der Waals surface area contributed by atoms with Crippen LogP contribution < -0.4 is 5.73 Å². The Morgan fingerprint density at radius 2 is 1.79 bits per heavy atom. The van der Waals surface area contributed by atoms with E-state index in [1.807, 2.05) is 0 Å². The van der Waals surface area contributed by atoms with Gasteiger partial charge in [0.2, 0.25) is 0 Å². The Hall–Kier alpha value is -1.54. The minimum Gasteiger partial charge on any atom is -0.398 e. The van der Waals surface area contributed by atoms with Crippen LogP contribution in [0.25, 0.3) is 20.2 Å². The van der Waals surface area contributed by atoms with Crippen molar-refractivity contribution in [2.75, 3.05) is 5.73 Å². The van der Waals surface area contributed by atoms with Crippen LogP contribution in [0.2, 0.25) is 0 Å². The van der Waals surface area contributed by atoms with Crippen LogP contribution >= 0.6 is 11.3 Å². The minimum atomic E-state index is -0.383. The van der Waals surface area contributed by atoms with Crippen molar-refractivity contribution >= 4 is 37.2 Å². The van der Waals surface area contributed by atoms with E-state index < -0.39 is 0 Å². The monoisotopic (exact) mass is 206 g/mol. The number of anilines is 1. The van der Waals surface area contributed by atoms with Crippen LogP contribution in [-0.4, -0.2) is 0 Å². The first-order valence-corrected chi connectivity index (χ1v) is 4.76. The zero-order valence-electron chi connectivity index (χ0n) is 14.0. The van der Waals surface area contributed by atoms with Gasteiger partial charge in [-0.2, -0.15) is 0 Å². The van der Waals surface area contributed by atoms with Crippen molar-refractivity contribution in [1.29, 1.82) is 0 Å². The maximum atomic E-state index is 8.01. The Morgan fingerprint density at radius 3 is 2.71 bits per heavy atom. The Labute approximate surface area is 95.6 Å². The lowest BCUT2D eigenvalue weighted by Crippen LogP contribution is -1.81. The summed E-state index contributed by atoms with van der Waals surface area (Å²) >= 11 is 1.03. The van der Waals surface area contributed by atoms with Crippen molar-refractivity contribution in [1.82, 2.24) is 0 Å². The smallest absolute Gasteiger partial charge is 0.0645 e. The van der Waals surface area contributed by atoms with Gasteiger partial charge in [-0.25, -0.2) is 0 Å². The van der Waals surface area contributed by atoms with Crippen molar-refractivity contribution < 1.29 is 9.60 Å². The summed E-state index contributed by atoms with van der Waals surface area (Å²) in [4.78, 5) is 0. The molecule has 0 aliphatic rings. The molecule has 0 atom stereocenters. The second kappa shape index (κ2) is 2.72. The third kappa shape index (κ3) is 0.946. The molecule has 0 saturated heterocycles. The number of hydrogen-bond donors (Lipinski definition) is 1. The van der Waals surface area contributed by atoms with E-state index in [0.717, 1.165) is 11.3 Å². The molecule has 3 aromatic rings. The summed E-state index contributed by atoms with van der Waals surface area (Å²) in [6, 6.07) is -2.00. The molecule has 68 valence electrons. The standard InChI is InChI=1S/C12H9NS/c13-10-6-3-5-9-8-4-1-2-7-11(8)14-12(9)10/h1-7H,13H2/i1D,2D,3D,4D,5D,6D,7D. The van der Waals surface area contributed by atoms with Crippen LogP contribution in [0.5, 0.6) is 0 Å². The molecular formula is C12H9NS. The first-order valence-electron chi connectivity index (χ1n) is 7.45. The molecule has 0 aliphatic carbocycles. The lowest BCUT2D eigenvalue weighted by molar-refractivity contribution is 1.81. The van der Waals surface area contributed by atoms with Gasteiger partial charge in [0.25, 0.3) is 0 Å². The van der Waals surface area contributed by atoms with E-state index in [0.29, 0.717) is 9.40 Å². The molecule has 0 aliphatic heterocycles. The molecule has 1 nitrogen and oxygen atoms in total. The Bertz CT molecular complexity index is 857. The van der Waals surface area contributed by atoms with Gasteiger partial charge in [-0.05, 0) is 12.1 Å². The van der Waals surface area contributed by atoms with E-state index in [4.69, 9.17) is 15.3 Å². The molecule has 2 heteroatoms. The predicted octanol–water partition coefficient (Wildman–Crippen LogP) is 3.64. The Balaban J connectivity index is 2.73. The van der Waals surface area contributed by atoms with Gasteiger partial charge in [-0.1, -0.05) is 30.2 Å². The van der Waals surface area contributed by atoms with E-state index in [9.17, 15) is 0 Å². The molecule has 1 aromatic heterocycles. The predicted molar refractivity (Wildman–Crippen MR) is 63.7 cm³/mol. The van der Waals surface area contributed by atoms with Gasteiger partial charge in [0.05, 0.1) is 14.3 Å². The topological polar surface area (TPSA) is 26.0 Å². The molecule has 0 spiro atoms. The molecule has 0 unspecified atom stereocenters. The molecule has 0 fully saturated rings. The molecule has 0 radical (unpaired) electrons. The Kier molecular flexibility index (Phi) is 0.691. The Morgan fingerprint density at radius 1 is 1.00 bits per heavy atom. The summed E-state index contributed by atoms with van der Waals surface area (Å²) in [5, 5.41) is 0.423. The molecule has 0 amide bonds. The number of nitrogen functional groups attached to an aromatic ring is 1. The second-order valence-electron chi connectivity index (χ2n) is 2.80. The first kappa shape index (κ1) is 3.55. The normalized spacial score (nSPS) is 18.1. The van der Waals surface area contributed by atoms with Crippen LogP contribution in [0.15, 0.2) is 42.3 Å². The average Bonchev–Trinajstić information content (AvgIpc) is 2.87. The van der Waals surface area contributed by atoms with Gasteiger partial charge in [-0.3, -0.25) is 0 Å². The summed E-state index contributed by atoms with van der Waals surface area (Å²) in [5.41, 5.74) is 5.86. The number of hydrogen-bond acceptors (Lipinski definition) is 2. The maximum Gasteiger partial charge on any atom is 0.0645 e. The van der Waals surface area contributed by atoms with Crippen molar-refractivity contribution in [3.8, 4) is 0 Å². The van der Waals surface area contributed by atoms with E-state index in [-0.39, 0.29) is 58.8 Å². The van der Waals surface area contributed by atoms with Crippen LogP contribution in [-0.2, 0) is 0 Å². The molecule has 0 bridgehead atoms. The van der Waals surface area contributed by atoms with Gasteiger partial charge >= 0.3 is 0 Å². The summed E-state index contributed by atoms with van der Waals surface area (Å²) < 4.78 is 55.5. The molecule has 2 aromatic carbocycles. The fourth-order valence-corrected chi connectivity index (χ4v) is 2.32. The first-order chi connectivity index (χ1) is 9.77. The largest absolute Gasteiger partial charge is 0.398 e. The van der Waals surface area contributed by atoms with Crippen molar-refractivity contribution in [3.63, 3.8) is 0 Å². The maximum absolute atomic E-state index is 8.01. The van der Waals surface area contributed by atoms with Crippen molar-refractivity contribution in [3.05, 3.63) is 42.3 Å².